The van der Waals surface area contributed by atoms with Crippen molar-refractivity contribution in [2.45, 2.75) is 71.6 Å². The van der Waals surface area contributed by atoms with Gasteiger partial charge in [0.15, 0.2) is 11.5 Å². The van der Waals surface area contributed by atoms with E-state index in [0.29, 0.717) is 29.7 Å². The van der Waals surface area contributed by atoms with Crippen molar-refractivity contribution in [1.29, 1.82) is 0 Å². The predicted octanol–water partition coefficient (Wildman–Crippen LogP) is 4.88. The Morgan fingerprint density at radius 1 is 1.17 bits per heavy atom. The van der Waals surface area contributed by atoms with Gasteiger partial charge >= 0.3 is 12.3 Å². The van der Waals surface area contributed by atoms with Gasteiger partial charge in [0, 0.05) is 6.04 Å². The van der Waals surface area contributed by atoms with E-state index in [0.717, 1.165) is 0 Å². The van der Waals surface area contributed by atoms with Crippen molar-refractivity contribution in [2.24, 2.45) is 0 Å². The molecule has 0 aliphatic heterocycles. The minimum Gasteiger partial charge on any atom is -0.464 e. The van der Waals surface area contributed by atoms with Crippen molar-refractivity contribution in [1.82, 2.24) is 29.3 Å². The number of aromatic nitrogens is 4. The van der Waals surface area contributed by atoms with E-state index in [2.05, 4.69) is 24.8 Å². The highest BCUT2D eigenvalue weighted by molar-refractivity contribution is 7.59. The highest BCUT2D eigenvalue weighted by Gasteiger charge is 2.42. The SMILES string of the molecule is CCCOC(=O)C(C)(C)NP(=O)(CO[C@H](C)Cn1cnc2c(N)ncnc21)N(C)[C@H](C)c1ccc(OC(F)(F)F)cc1. The Balaban J connectivity index is 1.82. The molecule has 0 saturated carbocycles. The molecule has 0 spiro atoms. The molecule has 0 saturated heterocycles. The molecule has 3 N–H and O–H groups in total. The van der Waals surface area contributed by atoms with E-state index in [-0.39, 0.29) is 24.5 Å². The molecule has 2 aromatic heterocycles. The Bertz CT molecular complexity index is 1400. The third kappa shape index (κ3) is 8.40. The lowest BCUT2D eigenvalue weighted by molar-refractivity contribution is -0.274. The minimum absolute atomic E-state index is 0.202. The molecule has 0 bridgehead atoms. The van der Waals surface area contributed by atoms with Crippen molar-refractivity contribution in [2.75, 3.05) is 25.7 Å². The van der Waals surface area contributed by atoms with E-state index in [4.69, 9.17) is 15.2 Å². The van der Waals surface area contributed by atoms with Gasteiger partial charge in [0.2, 0.25) is 7.44 Å². The summed E-state index contributed by atoms with van der Waals surface area (Å²) in [5.74, 6) is -0.722. The fourth-order valence-corrected chi connectivity index (χ4v) is 6.61. The van der Waals surface area contributed by atoms with Crippen LogP contribution in [0.1, 0.15) is 52.6 Å². The largest absolute Gasteiger partial charge is 0.573 e. The molecule has 2 heterocycles. The van der Waals surface area contributed by atoms with Crippen LogP contribution in [0.15, 0.2) is 36.9 Å². The zero-order chi connectivity index (χ0) is 31.3. The number of alkyl halides is 3. The second-order valence-electron chi connectivity index (χ2n) is 10.4. The highest BCUT2D eigenvalue weighted by Crippen LogP contribution is 2.51. The number of halogens is 3. The summed E-state index contributed by atoms with van der Waals surface area (Å²) in [5.41, 5.74) is 6.04. The van der Waals surface area contributed by atoms with Gasteiger partial charge in [0.1, 0.15) is 29.5 Å². The fourth-order valence-electron chi connectivity index (χ4n) is 4.09. The number of nitrogen functional groups attached to an aromatic ring is 1. The molecule has 1 aromatic carbocycles. The molecule has 16 heteroatoms. The number of anilines is 1. The number of carbonyl (C=O) groups excluding carboxylic acids is 1. The molecule has 3 atom stereocenters. The molecular weight excluding hydrogens is 578 g/mol. The summed E-state index contributed by atoms with van der Waals surface area (Å²) in [7, 11) is -2.12. The fraction of sp³-hybridized carbons (Fsp3) is 0.538. The number of nitrogens with one attached hydrogen (secondary N) is 1. The predicted molar refractivity (Wildman–Crippen MR) is 151 cm³/mol. The maximum Gasteiger partial charge on any atom is 0.573 e. The monoisotopic (exact) mass is 615 g/mol. The number of hydrogen-bond donors (Lipinski definition) is 2. The molecule has 3 aromatic rings. The molecule has 1 unspecified atom stereocenters. The Hall–Kier alpha value is -3.26. The summed E-state index contributed by atoms with van der Waals surface area (Å²) in [4.78, 5) is 25.2. The number of nitrogens with two attached hydrogens (primary N) is 1. The molecular formula is C26H37F3N7O5P. The van der Waals surface area contributed by atoms with Gasteiger partial charge in [-0.05, 0) is 58.9 Å². The molecule has 42 heavy (non-hydrogen) atoms. The van der Waals surface area contributed by atoms with E-state index in [1.54, 1.807) is 45.6 Å². The standard InChI is InChI=1S/C26H37F3N7O5P/c1-7-12-39-24(37)25(4,5)34-42(38,35(6)18(3)19-8-10-20(11-9-19)41-26(27,28)29)16-40-17(2)13-36-15-33-21-22(30)31-14-32-23(21)36/h8-11,14-15,17-18H,7,12-13,16H2,1-6H3,(H,34,38)(H2,30,31,32)/t17-,18-,42?/m1/s1. The number of benzene rings is 1. The normalized spacial score (nSPS) is 15.4. The molecule has 232 valence electrons. The van der Waals surface area contributed by atoms with Crippen molar-refractivity contribution < 1.29 is 36.7 Å². The van der Waals surface area contributed by atoms with Gasteiger partial charge in [0.05, 0.1) is 25.6 Å². The Morgan fingerprint density at radius 2 is 1.83 bits per heavy atom. The number of nitrogens with zero attached hydrogens (tertiary/aromatic N) is 5. The summed E-state index contributed by atoms with van der Waals surface area (Å²) in [5, 5.41) is 2.97. The third-order valence-electron chi connectivity index (χ3n) is 6.49. The van der Waals surface area contributed by atoms with Gasteiger partial charge in [-0.25, -0.2) is 24.7 Å². The molecule has 12 nitrogen and oxygen atoms in total. The van der Waals surface area contributed by atoms with Gasteiger partial charge in [-0.2, -0.15) is 0 Å². The maximum absolute atomic E-state index is 14.6. The number of rotatable bonds is 14. The van der Waals surface area contributed by atoms with Crippen LogP contribution >= 0.6 is 7.44 Å². The second kappa shape index (κ2) is 13.4. The van der Waals surface area contributed by atoms with Crippen LogP contribution in [0.25, 0.3) is 11.2 Å². The van der Waals surface area contributed by atoms with Crippen LogP contribution in [0.5, 0.6) is 5.75 Å². The molecule has 0 amide bonds. The molecule has 0 aliphatic rings. The summed E-state index contributed by atoms with van der Waals surface area (Å²) < 4.78 is 71.0. The number of fused-ring (bicyclic) bond motifs is 1. The summed E-state index contributed by atoms with van der Waals surface area (Å²) in [6.45, 7) is 9.00. The van der Waals surface area contributed by atoms with Crippen LogP contribution in [0, 0.1) is 0 Å². The van der Waals surface area contributed by atoms with Gasteiger partial charge in [0.25, 0.3) is 0 Å². The molecule has 0 aliphatic carbocycles. The lowest BCUT2D eigenvalue weighted by atomic mass is 10.1. The van der Waals surface area contributed by atoms with Crippen LogP contribution in [-0.4, -0.2) is 68.2 Å². The maximum atomic E-state index is 14.6. The van der Waals surface area contributed by atoms with Gasteiger partial charge in [-0.15, -0.1) is 13.2 Å². The van der Waals surface area contributed by atoms with E-state index in [1.807, 2.05) is 6.92 Å². The molecule has 0 radical (unpaired) electrons. The quantitative estimate of drug-likeness (QED) is 0.189. The van der Waals surface area contributed by atoms with Gasteiger partial charge in [-0.1, -0.05) is 19.1 Å². The third-order valence-corrected chi connectivity index (χ3v) is 9.26. The summed E-state index contributed by atoms with van der Waals surface area (Å²) in [6.07, 6.45) is -2.11. The first kappa shape index (κ1) is 33.2. The average Bonchev–Trinajstić information content (AvgIpc) is 3.32. The van der Waals surface area contributed by atoms with Crippen molar-refractivity contribution >= 4 is 30.4 Å². The lowest BCUT2D eigenvalue weighted by Crippen LogP contribution is -2.49. The summed E-state index contributed by atoms with van der Waals surface area (Å²) >= 11 is 0. The number of ether oxygens (including phenoxy) is 3. The van der Waals surface area contributed by atoms with E-state index < -0.39 is 37.5 Å². The van der Waals surface area contributed by atoms with Crippen LogP contribution in [0.4, 0.5) is 19.0 Å². The van der Waals surface area contributed by atoms with Crippen molar-refractivity contribution in [3.63, 3.8) is 0 Å². The van der Waals surface area contributed by atoms with E-state index in [9.17, 15) is 22.5 Å². The topological polar surface area (TPSA) is 147 Å². The molecule has 3 rings (SSSR count). The number of hydrogen-bond acceptors (Lipinski definition) is 9. The Kier molecular flexibility index (Phi) is 10.6. The minimum atomic E-state index is -4.82. The van der Waals surface area contributed by atoms with Crippen molar-refractivity contribution in [3.8, 4) is 5.75 Å². The first-order chi connectivity index (χ1) is 19.6. The number of imidazole rings is 1. The average molecular weight is 616 g/mol. The lowest BCUT2D eigenvalue weighted by Gasteiger charge is -2.38. The van der Waals surface area contributed by atoms with E-state index in [1.165, 1.54) is 35.3 Å². The Labute approximate surface area is 242 Å². The van der Waals surface area contributed by atoms with Crippen LogP contribution in [0.3, 0.4) is 0 Å². The van der Waals surface area contributed by atoms with E-state index >= 15 is 0 Å². The zero-order valence-corrected chi connectivity index (χ0v) is 25.3. The molecule has 0 fully saturated rings. The first-order valence-electron chi connectivity index (χ1n) is 13.2. The van der Waals surface area contributed by atoms with Gasteiger partial charge in [-0.3, -0.25) is 9.36 Å². The summed E-state index contributed by atoms with van der Waals surface area (Å²) in [6, 6.07) is 4.70. The zero-order valence-electron chi connectivity index (χ0n) is 24.4. The van der Waals surface area contributed by atoms with Crippen LogP contribution in [-0.2, 0) is 25.4 Å². The number of carbonyl (C=O) groups is 1. The Morgan fingerprint density at radius 3 is 2.45 bits per heavy atom. The van der Waals surface area contributed by atoms with Crippen LogP contribution < -0.4 is 15.6 Å². The van der Waals surface area contributed by atoms with Crippen LogP contribution in [0.2, 0.25) is 0 Å². The van der Waals surface area contributed by atoms with Crippen molar-refractivity contribution in [3.05, 3.63) is 42.5 Å². The number of esters is 1. The van der Waals surface area contributed by atoms with Gasteiger partial charge < -0.3 is 24.5 Å². The smallest absolute Gasteiger partial charge is 0.464 e. The first-order valence-corrected chi connectivity index (χ1v) is 15.1. The highest BCUT2D eigenvalue weighted by atomic mass is 31.2. The second-order valence-corrected chi connectivity index (χ2v) is 12.9.